The first kappa shape index (κ1) is 25.8. The summed E-state index contributed by atoms with van der Waals surface area (Å²) >= 11 is 0. The van der Waals surface area contributed by atoms with Crippen LogP contribution in [0, 0.1) is 0 Å². The highest BCUT2D eigenvalue weighted by Crippen LogP contribution is 2.38. The number of aromatic nitrogens is 2. The molecule has 2 N–H and O–H groups in total. The van der Waals surface area contributed by atoms with Crippen LogP contribution >= 0.6 is 0 Å². The molecule has 0 aliphatic heterocycles. The van der Waals surface area contributed by atoms with Gasteiger partial charge in [0, 0.05) is 17.3 Å². The number of halogens is 9. The molecule has 0 aliphatic carbocycles. The molecular weight excluding hydrogens is 497 g/mol. The van der Waals surface area contributed by atoms with Gasteiger partial charge in [-0.2, -0.15) is 39.5 Å². The third-order valence-electron chi connectivity index (χ3n) is 4.40. The number of alkyl halides is 9. The van der Waals surface area contributed by atoms with Crippen molar-refractivity contribution in [1.29, 1.82) is 0 Å². The van der Waals surface area contributed by atoms with Gasteiger partial charge in [-0.25, -0.2) is 4.98 Å². The Balaban J connectivity index is 1.99. The van der Waals surface area contributed by atoms with E-state index in [1.807, 2.05) is 0 Å². The van der Waals surface area contributed by atoms with E-state index in [0.29, 0.717) is 12.1 Å². The van der Waals surface area contributed by atoms with Crippen LogP contribution in [0.25, 0.3) is 10.9 Å². The summed E-state index contributed by atoms with van der Waals surface area (Å²) in [5.41, 5.74) is 1.71. The predicted octanol–water partition coefficient (Wildman–Crippen LogP) is 5.34. The molecule has 3 aromatic rings. The van der Waals surface area contributed by atoms with Crippen molar-refractivity contribution in [3.8, 4) is 0 Å². The van der Waals surface area contributed by atoms with Crippen molar-refractivity contribution in [3.05, 3.63) is 59.9 Å². The van der Waals surface area contributed by atoms with Crippen LogP contribution in [0.15, 0.2) is 48.7 Å². The van der Waals surface area contributed by atoms with Crippen molar-refractivity contribution in [2.24, 2.45) is 0 Å². The minimum absolute atomic E-state index is 0.0594. The Hall–Kier alpha value is -3.78. The average Bonchev–Trinajstić information content (AvgIpc) is 2.74. The maximum atomic E-state index is 13.7. The number of carbonyl (C=O) groups is 1. The number of amides is 1. The second-order valence-electron chi connectivity index (χ2n) is 7.13. The van der Waals surface area contributed by atoms with Gasteiger partial charge in [-0.3, -0.25) is 20.6 Å². The lowest BCUT2D eigenvalue weighted by Gasteiger charge is -2.27. The number of nitrogens with one attached hydrogen (secondary N) is 2. The molecule has 0 spiro atoms. The Morgan fingerprint density at radius 1 is 0.886 bits per heavy atom. The minimum Gasteiger partial charge on any atom is -0.353 e. The normalized spacial score (nSPS) is 12.5. The van der Waals surface area contributed by atoms with E-state index in [-0.39, 0.29) is 10.6 Å². The fraction of sp³-hybridized carbons (Fsp3) is 0.250. The van der Waals surface area contributed by atoms with Crippen LogP contribution in [0.1, 0.15) is 16.1 Å². The molecule has 15 heteroatoms. The quantitative estimate of drug-likeness (QED) is 0.346. The zero-order valence-electron chi connectivity index (χ0n) is 17.2. The van der Waals surface area contributed by atoms with Crippen LogP contribution in [-0.2, 0) is 6.18 Å². The Bertz CT molecular complexity index is 1180. The number of hydrogen-bond acceptors (Lipinski definition) is 5. The summed E-state index contributed by atoms with van der Waals surface area (Å²) in [6.07, 6.45) is -13.8. The maximum absolute atomic E-state index is 13.7. The molecule has 0 fully saturated rings. The van der Waals surface area contributed by atoms with Gasteiger partial charge in [-0.1, -0.05) is 6.07 Å². The molecular formula is C20H14F9N5O. The van der Waals surface area contributed by atoms with Crippen molar-refractivity contribution < 1.29 is 44.3 Å². The molecule has 1 amide bonds. The summed E-state index contributed by atoms with van der Waals surface area (Å²) in [6, 6.07) is 7.03. The summed E-state index contributed by atoms with van der Waals surface area (Å²) < 4.78 is 118. The smallest absolute Gasteiger partial charge is 0.353 e. The lowest BCUT2D eigenvalue weighted by molar-refractivity contribution is -0.138. The molecule has 188 valence electrons. The zero-order valence-corrected chi connectivity index (χ0v) is 17.2. The van der Waals surface area contributed by atoms with E-state index in [1.165, 1.54) is 24.4 Å². The third kappa shape index (κ3) is 7.10. The van der Waals surface area contributed by atoms with Crippen molar-refractivity contribution in [2.45, 2.75) is 18.5 Å². The van der Waals surface area contributed by atoms with Gasteiger partial charge in [-0.15, -0.1) is 0 Å². The van der Waals surface area contributed by atoms with Crippen LogP contribution in [0.3, 0.4) is 0 Å². The Kier molecular flexibility index (Phi) is 6.98. The first-order valence-corrected chi connectivity index (χ1v) is 9.50. The Morgan fingerprint density at radius 2 is 1.54 bits per heavy atom. The van der Waals surface area contributed by atoms with Crippen molar-refractivity contribution in [3.63, 3.8) is 0 Å². The molecule has 0 atom stereocenters. The number of nitrogens with zero attached hydrogens (tertiary/aromatic N) is 3. The van der Waals surface area contributed by atoms with Gasteiger partial charge in [-0.05, 0) is 36.4 Å². The van der Waals surface area contributed by atoms with Crippen LogP contribution in [0.5, 0.6) is 0 Å². The topological polar surface area (TPSA) is 70.2 Å². The highest BCUT2D eigenvalue weighted by Gasteiger charge is 2.38. The van der Waals surface area contributed by atoms with Gasteiger partial charge < -0.3 is 4.90 Å². The van der Waals surface area contributed by atoms with E-state index in [1.54, 1.807) is 0 Å². The zero-order chi connectivity index (χ0) is 26.0. The van der Waals surface area contributed by atoms with Crippen molar-refractivity contribution >= 4 is 28.3 Å². The van der Waals surface area contributed by atoms with E-state index in [9.17, 15) is 44.3 Å². The van der Waals surface area contributed by atoms with Gasteiger partial charge in [0.15, 0.2) is 0 Å². The SMILES string of the molecule is O=C(NNc1cc(C(F)(F)F)c2cc(N(CC(F)(F)F)CC(F)(F)F)ccc2n1)c1ccccn1. The number of fused-ring (bicyclic) bond motifs is 1. The number of pyridine rings is 2. The lowest BCUT2D eigenvalue weighted by atomic mass is 10.1. The molecule has 3 rings (SSSR count). The molecule has 2 aromatic heterocycles. The van der Waals surface area contributed by atoms with Gasteiger partial charge in [0.25, 0.3) is 5.91 Å². The summed E-state index contributed by atoms with van der Waals surface area (Å²) in [6.45, 7) is -4.07. The number of hydrazine groups is 1. The molecule has 0 aliphatic rings. The second-order valence-corrected chi connectivity index (χ2v) is 7.13. The molecule has 6 nitrogen and oxygen atoms in total. The largest absolute Gasteiger partial charge is 0.417 e. The second kappa shape index (κ2) is 9.46. The van der Waals surface area contributed by atoms with E-state index in [4.69, 9.17) is 0 Å². The van der Waals surface area contributed by atoms with Gasteiger partial charge in [0.1, 0.15) is 24.6 Å². The number of carbonyl (C=O) groups excluding carboxylic acids is 1. The molecule has 0 radical (unpaired) electrons. The molecule has 2 heterocycles. The predicted molar refractivity (Wildman–Crippen MR) is 106 cm³/mol. The molecule has 0 unspecified atom stereocenters. The van der Waals surface area contributed by atoms with E-state index < -0.39 is 65.5 Å². The molecule has 0 saturated carbocycles. The van der Waals surface area contributed by atoms with Crippen molar-refractivity contribution in [1.82, 2.24) is 15.4 Å². The fourth-order valence-electron chi connectivity index (χ4n) is 3.06. The monoisotopic (exact) mass is 511 g/mol. The van der Waals surface area contributed by atoms with E-state index in [2.05, 4.69) is 20.8 Å². The van der Waals surface area contributed by atoms with Crippen LogP contribution in [0.2, 0.25) is 0 Å². The standard InChI is InChI=1S/C20H14F9N5O/c21-18(22,23)9-34(10-19(24,25)26)11-4-5-14-12(7-11)13(20(27,28)29)8-16(31-14)32-33-17(35)15-3-1-2-6-30-15/h1-8H,9-10H2,(H,31,32)(H,33,35). The summed E-state index contributed by atoms with van der Waals surface area (Å²) in [5, 5.41) is -0.731. The molecule has 1 aromatic carbocycles. The van der Waals surface area contributed by atoms with Crippen LogP contribution in [-0.4, -0.2) is 41.3 Å². The molecule has 0 saturated heterocycles. The summed E-state index contributed by atoms with van der Waals surface area (Å²) in [4.78, 5) is 19.5. The first-order chi connectivity index (χ1) is 16.1. The Labute approximate surface area is 190 Å². The lowest BCUT2D eigenvalue weighted by Crippen LogP contribution is -2.40. The van der Waals surface area contributed by atoms with Crippen LogP contribution < -0.4 is 15.8 Å². The fourth-order valence-corrected chi connectivity index (χ4v) is 3.06. The molecule has 35 heavy (non-hydrogen) atoms. The number of rotatable bonds is 6. The van der Waals surface area contributed by atoms with Gasteiger partial charge in [0.2, 0.25) is 0 Å². The highest BCUT2D eigenvalue weighted by molar-refractivity contribution is 5.93. The number of hydrogen-bond donors (Lipinski definition) is 2. The van der Waals surface area contributed by atoms with Gasteiger partial charge >= 0.3 is 18.5 Å². The van der Waals surface area contributed by atoms with E-state index in [0.717, 1.165) is 12.1 Å². The maximum Gasteiger partial charge on any atom is 0.417 e. The Morgan fingerprint density at radius 3 is 2.09 bits per heavy atom. The third-order valence-corrected chi connectivity index (χ3v) is 4.40. The van der Waals surface area contributed by atoms with Crippen molar-refractivity contribution in [2.75, 3.05) is 23.4 Å². The summed E-state index contributed by atoms with van der Waals surface area (Å²) in [5.74, 6) is -1.28. The number of anilines is 2. The van der Waals surface area contributed by atoms with Gasteiger partial charge in [0.05, 0.1) is 11.1 Å². The average molecular weight is 511 g/mol. The van der Waals surface area contributed by atoms with E-state index >= 15 is 0 Å². The highest BCUT2D eigenvalue weighted by atomic mass is 19.4. The summed E-state index contributed by atoms with van der Waals surface area (Å²) in [7, 11) is 0. The first-order valence-electron chi connectivity index (χ1n) is 9.50. The molecule has 0 bridgehead atoms. The minimum atomic E-state index is -5.06. The number of benzene rings is 1. The van der Waals surface area contributed by atoms with Crippen LogP contribution in [0.4, 0.5) is 51.0 Å².